The van der Waals surface area contributed by atoms with Gasteiger partial charge in [-0.3, -0.25) is 9.69 Å². The van der Waals surface area contributed by atoms with E-state index in [0.29, 0.717) is 19.4 Å². The summed E-state index contributed by atoms with van der Waals surface area (Å²) in [4.78, 5) is 14.4. The molecule has 0 saturated heterocycles. The molecule has 1 aromatic rings. The van der Waals surface area contributed by atoms with E-state index in [1.54, 1.807) is 19.1 Å². The van der Waals surface area contributed by atoms with E-state index in [-0.39, 0.29) is 11.7 Å². The molecule has 1 N–H and O–H groups in total. The summed E-state index contributed by atoms with van der Waals surface area (Å²) in [6.07, 6.45) is 4.38. The minimum atomic E-state index is -2.85. The topological polar surface area (TPSA) is 65.4 Å². The van der Waals surface area contributed by atoms with E-state index in [4.69, 9.17) is 0 Å². The summed E-state index contributed by atoms with van der Waals surface area (Å²) >= 11 is 0. The van der Waals surface area contributed by atoms with E-state index in [1.165, 1.54) is 12.1 Å². The smallest absolute Gasteiger partial charge is 0.387 e. The molecule has 0 heterocycles. The second kappa shape index (κ2) is 8.95. The molecule has 0 radical (unpaired) electrons. The van der Waals surface area contributed by atoms with E-state index in [9.17, 15) is 18.8 Å². The maximum absolute atomic E-state index is 12.6. The molecule has 1 saturated carbocycles. The van der Waals surface area contributed by atoms with Gasteiger partial charge in [0.05, 0.1) is 12.1 Å². The van der Waals surface area contributed by atoms with Crippen LogP contribution < -0.4 is 10.1 Å². The molecule has 26 heavy (non-hydrogen) atoms. The van der Waals surface area contributed by atoms with Crippen LogP contribution in [-0.2, 0) is 11.3 Å². The number of amides is 1. The molecule has 1 aliphatic carbocycles. The highest BCUT2D eigenvalue weighted by atomic mass is 19.3. The van der Waals surface area contributed by atoms with Gasteiger partial charge < -0.3 is 10.1 Å². The predicted molar refractivity (Wildman–Crippen MR) is 93.6 cm³/mol. The molecule has 0 spiro atoms. The third-order valence-electron chi connectivity index (χ3n) is 4.90. The fraction of sp³-hybridized carbons (Fsp3) is 0.579. The number of nitrogens with zero attached hydrogens (tertiary/aromatic N) is 2. The van der Waals surface area contributed by atoms with Crippen molar-refractivity contribution in [2.24, 2.45) is 0 Å². The van der Waals surface area contributed by atoms with Gasteiger partial charge in [-0.25, -0.2) is 0 Å². The first-order valence-corrected chi connectivity index (χ1v) is 8.82. The molecule has 5 nitrogen and oxygen atoms in total. The van der Waals surface area contributed by atoms with Crippen LogP contribution in [0.15, 0.2) is 24.3 Å². The number of ether oxygens (including phenoxy) is 1. The Morgan fingerprint density at radius 3 is 2.46 bits per heavy atom. The minimum Gasteiger partial charge on any atom is -0.435 e. The fourth-order valence-electron chi connectivity index (χ4n) is 3.16. The number of carbonyl (C=O) groups is 1. The zero-order valence-electron chi connectivity index (χ0n) is 15.2. The largest absolute Gasteiger partial charge is 0.435 e. The Hall–Kier alpha value is -2.20. The number of hydrogen-bond acceptors (Lipinski definition) is 4. The third-order valence-corrected chi connectivity index (χ3v) is 4.90. The van der Waals surface area contributed by atoms with Gasteiger partial charge in [-0.15, -0.1) is 0 Å². The average molecular weight is 365 g/mol. The molecule has 7 heteroatoms. The van der Waals surface area contributed by atoms with Crippen molar-refractivity contribution in [3.63, 3.8) is 0 Å². The van der Waals surface area contributed by atoms with Gasteiger partial charge >= 0.3 is 6.61 Å². The van der Waals surface area contributed by atoms with E-state index in [1.807, 2.05) is 11.9 Å². The summed E-state index contributed by atoms with van der Waals surface area (Å²) in [6.45, 7) is -0.583. The van der Waals surface area contributed by atoms with Crippen molar-refractivity contribution in [1.82, 2.24) is 10.2 Å². The summed E-state index contributed by atoms with van der Waals surface area (Å²) in [5, 5.41) is 12.4. The van der Waals surface area contributed by atoms with Crippen molar-refractivity contribution in [1.29, 1.82) is 5.26 Å². The monoisotopic (exact) mass is 365 g/mol. The van der Waals surface area contributed by atoms with Crippen LogP contribution in [0.2, 0.25) is 0 Å². The molecule has 142 valence electrons. The van der Waals surface area contributed by atoms with Crippen LogP contribution >= 0.6 is 0 Å². The van der Waals surface area contributed by atoms with Gasteiger partial charge in [0.2, 0.25) is 5.91 Å². The van der Waals surface area contributed by atoms with Gasteiger partial charge in [-0.1, -0.05) is 31.4 Å². The van der Waals surface area contributed by atoms with Crippen molar-refractivity contribution in [2.75, 3.05) is 7.05 Å². The van der Waals surface area contributed by atoms with Crippen LogP contribution in [0, 0.1) is 11.3 Å². The highest BCUT2D eigenvalue weighted by Gasteiger charge is 2.35. The Labute approximate surface area is 152 Å². The van der Waals surface area contributed by atoms with Gasteiger partial charge in [-0.2, -0.15) is 14.0 Å². The van der Waals surface area contributed by atoms with E-state index < -0.39 is 18.2 Å². The number of nitrogens with one attached hydrogen (secondary N) is 1. The quantitative estimate of drug-likeness (QED) is 0.804. The van der Waals surface area contributed by atoms with Crippen molar-refractivity contribution in [2.45, 2.75) is 63.8 Å². The molecule has 0 aromatic heterocycles. The highest BCUT2D eigenvalue weighted by Crippen LogP contribution is 2.27. The van der Waals surface area contributed by atoms with Gasteiger partial charge in [0.15, 0.2) is 0 Å². The zero-order chi connectivity index (χ0) is 19.2. The Kier molecular flexibility index (Phi) is 6.92. The number of hydrogen-bond donors (Lipinski definition) is 1. The van der Waals surface area contributed by atoms with Gasteiger partial charge in [0.1, 0.15) is 11.3 Å². The first-order chi connectivity index (χ1) is 12.3. The average Bonchev–Trinajstić information content (AvgIpc) is 2.63. The SMILES string of the molecule is CC(C(=O)NC1(C#N)CCCCC1)N(C)Cc1ccc(OC(F)F)cc1. The maximum atomic E-state index is 12.6. The third kappa shape index (κ3) is 5.40. The lowest BCUT2D eigenvalue weighted by Crippen LogP contribution is -2.54. The second-order valence-electron chi connectivity index (χ2n) is 6.86. The number of nitriles is 1. The summed E-state index contributed by atoms with van der Waals surface area (Å²) < 4.78 is 28.7. The number of alkyl halides is 2. The Morgan fingerprint density at radius 1 is 1.31 bits per heavy atom. The van der Waals surface area contributed by atoms with Crippen molar-refractivity contribution >= 4 is 5.91 Å². The molecule has 1 fully saturated rings. The van der Waals surface area contributed by atoms with Crippen LogP contribution in [0.25, 0.3) is 0 Å². The molecular weight excluding hydrogens is 340 g/mol. The van der Waals surface area contributed by atoms with Crippen LogP contribution in [0.3, 0.4) is 0 Å². The molecule has 1 aromatic carbocycles. The Morgan fingerprint density at radius 2 is 1.92 bits per heavy atom. The van der Waals surface area contributed by atoms with Gasteiger partial charge in [0.25, 0.3) is 0 Å². The number of benzene rings is 1. The van der Waals surface area contributed by atoms with Crippen molar-refractivity contribution < 1.29 is 18.3 Å². The normalized spacial score (nSPS) is 17.6. The molecule has 1 atom stereocenters. The summed E-state index contributed by atoms with van der Waals surface area (Å²) in [5.74, 6) is -0.0703. The predicted octanol–water partition coefficient (Wildman–Crippen LogP) is 3.45. The molecule has 2 rings (SSSR count). The summed E-state index contributed by atoms with van der Waals surface area (Å²) in [6, 6.07) is 8.21. The molecule has 0 aliphatic heterocycles. The summed E-state index contributed by atoms with van der Waals surface area (Å²) in [5.41, 5.74) is 0.125. The van der Waals surface area contributed by atoms with Crippen molar-refractivity contribution in [3.8, 4) is 11.8 Å². The lowest BCUT2D eigenvalue weighted by molar-refractivity contribution is -0.127. The van der Waals surface area contributed by atoms with Crippen LogP contribution in [-0.4, -0.2) is 36.0 Å². The minimum absolute atomic E-state index is 0.102. The first kappa shape index (κ1) is 20.1. The Balaban J connectivity index is 1.92. The van der Waals surface area contributed by atoms with E-state index >= 15 is 0 Å². The number of carbonyl (C=O) groups excluding carboxylic acids is 1. The van der Waals surface area contributed by atoms with Crippen molar-refractivity contribution in [3.05, 3.63) is 29.8 Å². The second-order valence-corrected chi connectivity index (χ2v) is 6.86. The molecule has 1 amide bonds. The fourth-order valence-corrected chi connectivity index (χ4v) is 3.16. The van der Waals surface area contributed by atoms with Crippen LogP contribution in [0.1, 0.15) is 44.6 Å². The van der Waals surface area contributed by atoms with Crippen LogP contribution in [0.4, 0.5) is 8.78 Å². The summed E-state index contributed by atoms with van der Waals surface area (Å²) in [7, 11) is 1.81. The molecule has 0 bridgehead atoms. The number of halogens is 2. The van der Waals surface area contributed by atoms with Crippen LogP contribution in [0.5, 0.6) is 5.75 Å². The number of rotatable bonds is 7. The highest BCUT2D eigenvalue weighted by molar-refractivity contribution is 5.82. The number of likely N-dealkylation sites (N-methyl/N-ethyl adjacent to an activating group) is 1. The lowest BCUT2D eigenvalue weighted by atomic mass is 9.82. The standard InChI is InChI=1S/C19H25F2N3O2/c1-14(17(25)23-19(13-22)10-4-3-5-11-19)24(2)12-15-6-8-16(9-7-15)26-18(20)21/h6-9,14,18H,3-5,10-12H2,1-2H3,(H,23,25). The maximum Gasteiger partial charge on any atom is 0.387 e. The lowest BCUT2D eigenvalue weighted by Gasteiger charge is -2.34. The van der Waals surface area contributed by atoms with Gasteiger partial charge in [-0.05, 0) is 44.5 Å². The van der Waals surface area contributed by atoms with E-state index in [0.717, 1.165) is 24.8 Å². The molecular formula is C19H25F2N3O2. The Bertz CT molecular complexity index is 637. The van der Waals surface area contributed by atoms with Gasteiger partial charge in [0, 0.05) is 6.54 Å². The molecule has 1 aliphatic rings. The van der Waals surface area contributed by atoms with E-state index in [2.05, 4.69) is 16.1 Å². The zero-order valence-corrected chi connectivity index (χ0v) is 15.2. The molecule has 1 unspecified atom stereocenters. The first-order valence-electron chi connectivity index (χ1n) is 8.82.